The Kier molecular flexibility index (Phi) is 8.26. The average molecular weight is 349 g/mol. The van der Waals surface area contributed by atoms with Crippen molar-refractivity contribution < 1.29 is 19.4 Å². The molecule has 0 fully saturated rings. The molecule has 140 valence electrons. The highest BCUT2D eigenvalue weighted by atomic mass is 16.6. The zero-order valence-corrected chi connectivity index (χ0v) is 15.7. The summed E-state index contributed by atoms with van der Waals surface area (Å²) in [5, 5.41) is 10.1. The monoisotopic (exact) mass is 349 g/mol. The van der Waals surface area contributed by atoms with Gasteiger partial charge in [-0.2, -0.15) is 0 Å². The number of Topliss-reactive ketones (excluding diaryl/α,β-unsaturated/α-hetero) is 1. The maximum absolute atomic E-state index is 12.5. The molecular formula is C20H31NO4. The van der Waals surface area contributed by atoms with E-state index in [1.807, 2.05) is 37.3 Å². The van der Waals surface area contributed by atoms with Crippen molar-refractivity contribution in [3.8, 4) is 0 Å². The van der Waals surface area contributed by atoms with Gasteiger partial charge in [0, 0.05) is 12.5 Å². The van der Waals surface area contributed by atoms with Crippen LogP contribution in [0.1, 0.15) is 52.5 Å². The third kappa shape index (κ3) is 7.80. The molecule has 1 rings (SSSR count). The lowest BCUT2D eigenvalue weighted by atomic mass is 9.90. The van der Waals surface area contributed by atoms with E-state index in [0.29, 0.717) is 12.8 Å². The Bertz CT molecular complexity index is 551. The van der Waals surface area contributed by atoms with E-state index in [4.69, 9.17) is 10.5 Å². The molecule has 0 saturated carbocycles. The van der Waals surface area contributed by atoms with Crippen LogP contribution in [0.5, 0.6) is 0 Å². The summed E-state index contributed by atoms with van der Waals surface area (Å²) in [6.45, 7) is 7.31. The number of esters is 1. The number of ether oxygens (including phenoxy) is 1. The number of aliphatic hydroxyl groups excluding tert-OH is 1. The van der Waals surface area contributed by atoms with Crippen molar-refractivity contribution in [3.05, 3.63) is 35.9 Å². The molecule has 5 nitrogen and oxygen atoms in total. The first kappa shape index (κ1) is 21.3. The van der Waals surface area contributed by atoms with Gasteiger partial charge in [0.2, 0.25) is 0 Å². The molecular weight excluding hydrogens is 318 g/mol. The molecule has 0 aromatic heterocycles. The number of hydrogen-bond donors (Lipinski definition) is 2. The lowest BCUT2D eigenvalue weighted by Gasteiger charge is -2.25. The highest BCUT2D eigenvalue weighted by Crippen LogP contribution is 2.20. The summed E-state index contributed by atoms with van der Waals surface area (Å²) in [7, 11) is 0. The Morgan fingerprint density at radius 3 is 2.32 bits per heavy atom. The van der Waals surface area contributed by atoms with E-state index in [1.165, 1.54) is 0 Å². The number of ketones is 1. The fraction of sp³-hybridized carbons (Fsp3) is 0.600. The first-order valence-corrected chi connectivity index (χ1v) is 8.87. The number of carbonyl (C=O) groups excluding carboxylic acids is 2. The zero-order valence-electron chi connectivity index (χ0n) is 15.7. The molecule has 3 N–H and O–H groups in total. The topological polar surface area (TPSA) is 89.6 Å². The highest BCUT2D eigenvalue weighted by Gasteiger charge is 2.31. The van der Waals surface area contributed by atoms with E-state index >= 15 is 0 Å². The number of rotatable bonds is 9. The molecule has 0 aliphatic carbocycles. The van der Waals surface area contributed by atoms with Crippen LogP contribution in [0.15, 0.2) is 30.3 Å². The standard InChI is InChI=1S/C20H31NO4/c1-5-9-16(21)18(23)17(22)13-15(19(24)25-20(2,3)4)12-14-10-7-6-8-11-14/h6-8,10-11,15-16,18,23H,5,9,12-13,21H2,1-4H3/t15-,16?,18?/m1/s1. The van der Waals surface area contributed by atoms with Crippen molar-refractivity contribution in [2.45, 2.75) is 71.1 Å². The molecule has 0 bridgehead atoms. The lowest BCUT2D eigenvalue weighted by Crippen LogP contribution is -2.42. The second kappa shape index (κ2) is 9.68. The van der Waals surface area contributed by atoms with Crippen LogP contribution in [0.4, 0.5) is 0 Å². The molecule has 0 spiro atoms. The van der Waals surface area contributed by atoms with Gasteiger partial charge in [0.1, 0.15) is 11.7 Å². The molecule has 0 heterocycles. The molecule has 3 atom stereocenters. The van der Waals surface area contributed by atoms with Crippen molar-refractivity contribution >= 4 is 11.8 Å². The fourth-order valence-corrected chi connectivity index (χ4v) is 2.62. The molecule has 0 amide bonds. The minimum atomic E-state index is -1.25. The van der Waals surface area contributed by atoms with Crippen LogP contribution in [0.25, 0.3) is 0 Å². The normalized spacial score (nSPS) is 15.3. The molecule has 2 unspecified atom stereocenters. The second-order valence-corrected chi connectivity index (χ2v) is 7.49. The van der Waals surface area contributed by atoms with Gasteiger partial charge in [-0.15, -0.1) is 0 Å². The first-order chi connectivity index (χ1) is 11.6. The lowest BCUT2D eigenvalue weighted by molar-refractivity contribution is -0.161. The van der Waals surface area contributed by atoms with Crippen LogP contribution >= 0.6 is 0 Å². The predicted molar refractivity (Wildman–Crippen MR) is 98.0 cm³/mol. The average Bonchev–Trinajstić information content (AvgIpc) is 2.53. The molecule has 0 aliphatic heterocycles. The van der Waals surface area contributed by atoms with Gasteiger partial charge in [-0.05, 0) is 39.2 Å². The van der Waals surface area contributed by atoms with Gasteiger partial charge in [0.05, 0.1) is 5.92 Å². The summed E-state index contributed by atoms with van der Waals surface area (Å²) in [6.07, 6.45) is 0.397. The first-order valence-electron chi connectivity index (χ1n) is 8.87. The Morgan fingerprint density at radius 1 is 1.20 bits per heavy atom. The Balaban J connectivity index is 2.86. The van der Waals surface area contributed by atoms with Crippen molar-refractivity contribution in [3.63, 3.8) is 0 Å². The molecule has 1 aromatic rings. The Morgan fingerprint density at radius 2 is 1.80 bits per heavy atom. The van der Waals surface area contributed by atoms with E-state index in [9.17, 15) is 14.7 Å². The molecule has 5 heteroatoms. The second-order valence-electron chi connectivity index (χ2n) is 7.49. The maximum atomic E-state index is 12.5. The van der Waals surface area contributed by atoms with E-state index in [2.05, 4.69) is 0 Å². The molecule has 0 saturated heterocycles. The highest BCUT2D eigenvalue weighted by molar-refractivity contribution is 5.88. The van der Waals surface area contributed by atoms with Crippen LogP contribution in [-0.2, 0) is 20.7 Å². The van der Waals surface area contributed by atoms with E-state index < -0.39 is 35.4 Å². The molecule has 1 aromatic carbocycles. The van der Waals surface area contributed by atoms with Gasteiger partial charge in [0.25, 0.3) is 0 Å². The minimum Gasteiger partial charge on any atom is -0.460 e. The number of nitrogens with two attached hydrogens (primary N) is 1. The maximum Gasteiger partial charge on any atom is 0.310 e. The largest absolute Gasteiger partial charge is 0.460 e. The van der Waals surface area contributed by atoms with Gasteiger partial charge in [-0.25, -0.2) is 0 Å². The molecule has 25 heavy (non-hydrogen) atoms. The van der Waals surface area contributed by atoms with Crippen LogP contribution in [-0.4, -0.2) is 34.6 Å². The van der Waals surface area contributed by atoms with Gasteiger partial charge in [-0.1, -0.05) is 43.7 Å². The van der Waals surface area contributed by atoms with E-state index in [0.717, 1.165) is 12.0 Å². The van der Waals surface area contributed by atoms with Crippen molar-refractivity contribution in [2.24, 2.45) is 11.7 Å². The number of carbonyl (C=O) groups is 2. The van der Waals surface area contributed by atoms with Gasteiger partial charge in [0.15, 0.2) is 5.78 Å². The van der Waals surface area contributed by atoms with Crippen LogP contribution in [0.3, 0.4) is 0 Å². The van der Waals surface area contributed by atoms with Crippen molar-refractivity contribution in [1.82, 2.24) is 0 Å². The quantitative estimate of drug-likeness (QED) is 0.669. The molecule has 0 radical (unpaired) electrons. The van der Waals surface area contributed by atoms with Crippen LogP contribution in [0, 0.1) is 5.92 Å². The van der Waals surface area contributed by atoms with Crippen molar-refractivity contribution in [1.29, 1.82) is 0 Å². The summed E-state index contributed by atoms with van der Waals surface area (Å²) in [6, 6.07) is 8.87. The number of hydrogen-bond acceptors (Lipinski definition) is 5. The summed E-state index contributed by atoms with van der Waals surface area (Å²) in [5.74, 6) is -1.48. The van der Waals surface area contributed by atoms with Crippen molar-refractivity contribution in [2.75, 3.05) is 0 Å². The zero-order chi connectivity index (χ0) is 19.0. The fourth-order valence-electron chi connectivity index (χ4n) is 2.62. The van der Waals surface area contributed by atoms with Gasteiger partial charge < -0.3 is 15.6 Å². The van der Waals surface area contributed by atoms with Gasteiger partial charge >= 0.3 is 5.97 Å². The third-order valence-electron chi connectivity index (χ3n) is 3.87. The molecule has 0 aliphatic rings. The Hall–Kier alpha value is -1.72. The summed E-state index contributed by atoms with van der Waals surface area (Å²) >= 11 is 0. The van der Waals surface area contributed by atoms with E-state index in [1.54, 1.807) is 20.8 Å². The SMILES string of the molecule is CCCC(N)C(O)C(=O)C[C@@H](Cc1ccccc1)C(=O)OC(C)(C)C. The summed E-state index contributed by atoms with van der Waals surface area (Å²) in [4.78, 5) is 24.9. The van der Waals surface area contributed by atoms with Gasteiger partial charge in [-0.3, -0.25) is 9.59 Å². The van der Waals surface area contributed by atoms with Crippen LogP contribution in [0.2, 0.25) is 0 Å². The number of benzene rings is 1. The Labute approximate surface area is 150 Å². The number of aliphatic hydroxyl groups is 1. The minimum absolute atomic E-state index is 0.0810. The summed E-state index contributed by atoms with van der Waals surface area (Å²) in [5.41, 5.74) is 6.16. The predicted octanol–water partition coefficient (Wildman–Crippen LogP) is 2.63. The van der Waals surface area contributed by atoms with E-state index in [-0.39, 0.29) is 6.42 Å². The third-order valence-corrected chi connectivity index (χ3v) is 3.87. The smallest absolute Gasteiger partial charge is 0.310 e. The summed E-state index contributed by atoms with van der Waals surface area (Å²) < 4.78 is 5.46. The van der Waals surface area contributed by atoms with Crippen LogP contribution < -0.4 is 5.73 Å².